The van der Waals surface area contributed by atoms with Crippen molar-refractivity contribution < 1.29 is 14.3 Å². The summed E-state index contributed by atoms with van der Waals surface area (Å²) < 4.78 is 10.1. The van der Waals surface area contributed by atoms with Crippen LogP contribution in [0, 0.1) is 5.92 Å². The summed E-state index contributed by atoms with van der Waals surface area (Å²) in [7, 11) is 0. The van der Waals surface area contributed by atoms with Gasteiger partial charge in [-0.1, -0.05) is 13.8 Å². The van der Waals surface area contributed by atoms with Crippen LogP contribution in [0.5, 0.6) is 0 Å². The summed E-state index contributed by atoms with van der Waals surface area (Å²) in [4.78, 5) is 14.9. The van der Waals surface area contributed by atoms with E-state index >= 15 is 0 Å². The van der Waals surface area contributed by atoms with E-state index in [1.54, 1.807) is 0 Å². The predicted octanol–water partition coefficient (Wildman–Crippen LogP) is 0.216. The van der Waals surface area contributed by atoms with Gasteiger partial charge in [0.2, 0.25) is 11.8 Å². The van der Waals surface area contributed by atoms with Crippen molar-refractivity contribution in [3.63, 3.8) is 0 Å². The summed E-state index contributed by atoms with van der Waals surface area (Å²) in [6.07, 6.45) is 0. The van der Waals surface area contributed by atoms with Gasteiger partial charge in [0.15, 0.2) is 0 Å². The van der Waals surface area contributed by atoms with Crippen LogP contribution in [-0.4, -0.2) is 41.0 Å². The number of nitrogens with one attached hydrogen (secondary N) is 1. The lowest BCUT2D eigenvalue weighted by atomic mass is 10.2. The lowest BCUT2D eigenvalue weighted by Gasteiger charge is -2.06. The van der Waals surface area contributed by atoms with E-state index in [-0.39, 0.29) is 18.4 Å². The number of nitrogens with zero attached hydrogens (tertiary/aromatic N) is 2. The minimum Gasteiger partial charge on any atom is -0.457 e. The van der Waals surface area contributed by atoms with E-state index in [1.165, 1.54) is 0 Å². The summed E-state index contributed by atoms with van der Waals surface area (Å²) in [5.41, 5.74) is 5.24. The van der Waals surface area contributed by atoms with Gasteiger partial charge >= 0.3 is 5.97 Å². The second-order valence-corrected chi connectivity index (χ2v) is 3.65. The van der Waals surface area contributed by atoms with E-state index in [1.807, 2.05) is 13.8 Å². The number of carbonyl (C=O) groups excluding carboxylic acids is 1. The molecular formula is C9H16N4O3. The molecule has 0 fully saturated rings. The molecule has 1 rings (SSSR count). The number of aromatic nitrogens is 3. The number of carbonyl (C=O) groups is 1. The molecule has 1 aromatic rings. The van der Waals surface area contributed by atoms with E-state index in [4.69, 9.17) is 15.2 Å². The number of rotatable bonds is 6. The lowest BCUT2D eigenvalue weighted by molar-refractivity contribution is 0.0267. The Kier molecular flexibility index (Phi) is 4.71. The van der Waals surface area contributed by atoms with Crippen LogP contribution >= 0.6 is 0 Å². The number of nitrogen functional groups attached to an aromatic ring is 1. The summed E-state index contributed by atoms with van der Waals surface area (Å²) in [6.45, 7) is 5.29. The minimum atomic E-state index is -0.586. The predicted molar refractivity (Wildman–Crippen MR) is 56.7 cm³/mol. The first-order chi connectivity index (χ1) is 7.59. The molecular weight excluding hydrogens is 212 g/mol. The van der Waals surface area contributed by atoms with Gasteiger partial charge < -0.3 is 15.2 Å². The van der Waals surface area contributed by atoms with Crippen LogP contribution in [0.4, 0.5) is 5.95 Å². The molecule has 0 aliphatic carbocycles. The topological polar surface area (TPSA) is 103 Å². The van der Waals surface area contributed by atoms with Gasteiger partial charge in [-0.15, -0.1) is 5.10 Å². The van der Waals surface area contributed by atoms with Crippen LogP contribution in [0.25, 0.3) is 0 Å². The van der Waals surface area contributed by atoms with E-state index in [0.717, 1.165) is 0 Å². The zero-order valence-electron chi connectivity index (χ0n) is 9.40. The maximum Gasteiger partial charge on any atom is 0.376 e. The normalized spacial score (nSPS) is 10.7. The van der Waals surface area contributed by atoms with Crippen LogP contribution in [-0.2, 0) is 9.47 Å². The van der Waals surface area contributed by atoms with Crippen molar-refractivity contribution in [2.75, 3.05) is 25.6 Å². The van der Waals surface area contributed by atoms with Gasteiger partial charge in [0.1, 0.15) is 6.61 Å². The van der Waals surface area contributed by atoms with Crippen LogP contribution in [0.1, 0.15) is 24.5 Å². The highest BCUT2D eigenvalue weighted by molar-refractivity contribution is 5.85. The molecule has 0 atom stereocenters. The summed E-state index contributed by atoms with van der Waals surface area (Å²) >= 11 is 0. The summed E-state index contributed by atoms with van der Waals surface area (Å²) in [5.74, 6) is -0.105. The third kappa shape index (κ3) is 4.26. The number of esters is 1. The Morgan fingerprint density at radius 3 is 2.81 bits per heavy atom. The fourth-order valence-corrected chi connectivity index (χ4v) is 0.947. The Bertz CT molecular complexity index is 337. The molecule has 3 N–H and O–H groups in total. The molecule has 0 aliphatic heterocycles. The van der Waals surface area contributed by atoms with Crippen molar-refractivity contribution in [1.82, 2.24) is 15.2 Å². The molecule has 1 heterocycles. The Labute approximate surface area is 93.3 Å². The summed E-state index contributed by atoms with van der Waals surface area (Å²) in [6, 6.07) is 0. The standard InChI is InChI=1S/C9H16N4O3/c1-6(2)5-15-3-4-16-8(14)7-11-9(10)13-12-7/h6H,3-5H2,1-2H3,(H3,10,11,12,13). The number of ether oxygens (including phenoxy) is 2. The second kappa shape index (κ2) is 6.06. The highest BCUT2D eigenvalue weighted by Gasteiger charge is 2.11. The van der Waals surface area contributed by atoms with Crippen molar-refractivity contribution in [2.24, 2.45) is 5.92 Å². The lowest BCUT2D eigenvalue weighted by Crippen LogP contribution is -2.13. The van der Waals surface area contributed by atoms with Gasteiger partial charge in [0, 0.05) is 6.61 Å². The van der Waals surface area contributed by atoms with Gasteiger partial charge in [-0.05, 0) is 5.92 Å². The van der Waals surface area contributed by atoms with Crippen LogP contribution in [0.3, 0.4) is 0 Å². The van der Waals surface area contributed by atoms with Gasteiger partial charge in [0.05, 0.1) is 6.61 Å². The Morgan fingerprint density at radius 1 is 1.50 bits per heavy atom. The van der Waals surface area contributed by atoms with E-state index in [2.05, 4.69) is 15.2 Å². The smallest absolute Gasteiger partial charge is 0.376 e. The molecule has 0 aliphatic rings. The molecule has 7 nitrogen and oxygen atoms in total. The number of hydrogen-bond acceptors (Lipinski definition) is 6. The van der Waals surface area contributed by atoms with Crippen molar-refractivity contribution in [1.29, 1.82) is 0 Å². The van der Waals surface area contributed by atoms with Crippen LogP contribution in [0.15, 0.2) is 0 Å². The van der Waals surface area contributed by atoms with Gasteiger partial charge in [-0.25, -0.2) is 4.79 Å². The minimum absolute atomic E-state index is 0.00126. The third-order valence-electron chi connectivity index (χ3n) is 1.61. The molecule has 0 aromatic carbocycles. The van der Waals surface area contributed by atoms with Gasteiger partial charge in [0.25, 0.3) is 0 Å². The maximum atomic E-state index is 11.3. The first-order valence-corrected chi connectivity index (χ1v) is 5.02. The Balaban J connectivity index is 2.16. The zero-order chi connectivity index (χ0) is 12.0. The number of aromatic amines is 1. The molecule has 0 spiro atoms. The highest BCUT2D eigenvalue weighted by Crippen LogP contribution is 1.96. The quantitative estimate of drug-likeness (QED) is 0.533. The zero-order valence-corrected chi connectivity index (χ0v) is 9.40. The SMILES string of the molecule is CC(C)COCCOC(=O)c1nc(N)n[nH]1. The summed E-state index contributed by atoms with van der Waals surface area (Å²) in [5, 5.41) is 5.88. The molecule has 90 valence electrons. The van der Waals surface area contributed by atoms with E-state index in [9.17, 15) is 4.79 Å². The molecule has 0 unspecified atom stereocenters. The van der Waals surface area contributed by atoms with E-state index in [0.29, 0.717) is 19.1 Å². The highest BCUT2D eigenvalue weighted by atomic mass is 16.6. The molecule has 0 radical (unpaired) electrons. The number of hydrogen-bond donors (Lipinski definition) is 2. The monoisotopic (exact) mass is 228 g/mol. The van der Waals surface area contributed by atoms with Gasteiger partial charge in [-0.3, -0.25) is 5.10 Å². The Hall–Kier alpha value is -1.63. The van der Waals surface area contributed by atoms with Gasteiger partial charge in [-0.2, -0.15) is 4.98 Å². The first-order valence-electron chi connectivity index (χ1n) is 5.02. The molecule has 0 bridgehead atoms. The fourth-order valence-electron chi connectivity index (χ4n) is 0.947. The molecule has 1 aromatic heterocycles. The average molecular weight is 228 g/mol. The molecule has 7 heteroatoms. The van der Waals surface area contributed by atoms with E-state index < -0.39 is 5.97 Å². The number of H-pyrrole nitrogens is 1. The molecule has 0 saturated heterocycles. The van der Waals surface area contributed by atoms with Crippen LogP contribution < -0.4 is 5.73 Å². The van der Waals surface area contributed by atoms with Crippen molar-refractivity contribution in [3.05, 3.63) is 5.82 Å². The van der Waals surface area contributed by atoms with Crippen molar-refractivity contribution in [3.8, 4) is 0 Å². The second-order valence-electron chi connectivity index (χ2n) is 3.65. The largest absolute Gasteiger partial charge is 0.457 e. The van der Waals surface area contributed by atoms with Crippen molar-refractivity contribution >= 4 is 11.9 Å². The average Bonchev–Trinajstić information content (AvgIpc) is 2.63. The molecule has 0 amide bonds. The Morgan fingerprint density at radius 2 is 2.25 bits per heavy atom. The van der Waals surface area contributed by atoms with Crippen molar-refractivity contribution in [2.45, 2.75) is 13.8 Å². The number of nitrogens with two attached hydrogens (primary N) is 1. The number of anilines is 1. The third-order valence-corrected chi connectivity index (χ3v) is 1.61. The first kappa shape index (κ1) is 12.4. The molecule has 16 heavy (non-hydrogen) atoms. The van der Waals surface area contributed by atoms with Crippen LogP contribution in [0.2, 0.25) is 0 Å². The maximum absolute atomic E-state index is 11.3. The fraction of sp³-hybridized carbons (Fsp3) is 0.667. The molecule has 0 saturated carbocycles.